The molecular weight excluding hydrogens is 350 g/mol. The minimum atomic E-state index is 0.324. The van der Waals surface area contributed by atoms with Gasteiger partial charge >= 0.3 is 0 Å². The summed E-state index contributed by atoms with van der Waals surface area (Å²) < 4.78 is 0. The SMILES string of the molecule is [CH2]C(CC/C=C\C/C=C\C/C=C\C/C=C\CCCCC)NCCc1ccccc1. The van der Waals surface area contributed by atoms with Gasteiger partial charge in [0.15, 0.2) is 0 Å². The van der Waals surface area contributed by atoms with Crippen molar-refractivity contribution in [2.24, 2.45) is 0 Å². The average Bonchev–Trinajstić information content (AvgIpc) is 2.74. The Morgan fingerprint density at radius 3 is 2.00 bits per heavy atom. The lowest BCUT2D eigenvalue weighted by Crippen LogP contribution is -2.28. The summed E-state index contributed by atoms with van der Waals surface area (Å²) in [6.07, 6.45) is 29.7. The number of unbranched alkanes of at least 4 members (excludes halogenated alkanes) is 3. The van der Waals surface area contributed by atoms with E-state index in [0.29, 0.717) is 6.04 Å². The molecule has 1 rings (SSSR count). The monoisotopic (exact) mass is 392 g/mol. The van der Waals surface area contributed by atoms with Crippen molar-refractivity contribution >= 4 is 0 Å². The third-order valence-corrected chi connectivity index (χ3v) is 4.83. The molecule has 1 N–H and O–H groups in total. The summed E-state index contributed by atoms with van der Waals surface area (Å²) in [6.45, 7) is 7.45. The molecule has 0 aliphatic carbocycles. The van der Waals surface area contributed by atoms with E-state index in [1.807, 2.05) is 0 Å². The third kappa shape index (κ3) is 16.8. The number of allylic oxidation sites excluding steroid dienone is 8. The highest BCUT2D eigenvalue weighted by Crippen LogP contribution is 2.02. The first-order valence-electron chi connectivity index (χ1n) is 11.5. The van der Waals surface area contributed by atoms with Crippen LogP contribution in [0.2, 0.25) is 0 Å². The van der Waals surface area contributed by atoms with Crippen LogP contribution in [-0.2, 0) is 6.42 Å². The number of nitrogens with one attached hydrogen (secondary N) is 1. The predicted molar refractivity (Wildman–Crippen MR) is 131 cm³/mol. The van der Waals surface area contributed by atoms with E-state index in [-0.39, 0.29) is 0 Å². The first-order valence-corrected chi connectivity index (χ1v) is 11.5. The van der Waals surface area contributed by atoms with Crippen molar-refractivity contribution in [3.05, 3.63) is 91.4 Å². The van der Waals surface area contributed by atoms with Gasteiger partial charge in [0, 0.05) is 6.04 Å². The van der Waals surface area contributed by atoms with Crippen LogP contribution in [0.15, 0.2) is 78.9 Å². The molecule has 1 unspecified atom stereocenters. The summed E-state index contributed by atoms with van der Waals surface area (Å²) in [6, 6.07) is 10.9. The smallest absolute Gasteiger partial charge is 0.00707 e. The number of hydrogen-bond acceptors (Lipinski definition) is 1. The molecule has 0 bridgehead atoms. The second-order valence-electron chi connectivity index (χ2n) is 7.55. The lowest BCUT2D eigenvalue weighted by molar-refractivity contribution is 0.559. The van der Waals surface area contributed by atoms with Gasteiger partial charge in [0.05, 0.1) is 0 Å². The molecule has 29 heavy (non-hydrogen) atoms. The summed E-state index contributed by atoms with van der Waals surface area (Å²) >= 11 is 0. The van der Waals surface area contributed by atoms with E-state index in [0.717, 1.165) is 45.1 Å². The van der Waals surface area contributed by atoms with Crippen LogP contribution in [0.25, 0.3) is 0 Å². The Labute approximate surface area is 180 Å². The molecule has 1 aromatic carbocycles. The van der Waals surface area contributed by atoms with Gasteiger partial charge < -0.3 is 5.32 Å². The second-order valence-corrected chi connectivity index (χ2v) is 7.55. The molecule has 0 aliphatic rings. The van der Waals surface area contributed by atoms with E-state index in [1.54, 1.807) is 0 Å². The lowest BCUT2D eigenvalue weighted by Gasteiger charge is -2.12. The summed E-state index contributed by atoms with van der Waals surface area (Å²) in [4.78, 5) is 0. The van der Waals surface area contributed by atoms with Crippen molar-refractivity contribution in [3.63, 3.8) is 0 Å². The molecule has 0 fully saturated rings. The Hall–Kier alpha value is -1.86. The number of rotatable bonds is 17. The van der Waals surface area contributed by atoms with Gasteiger partial charge in [-0.2, -0.15) is 0 Å². The van der Waals surface area contributed by atoms with E-state index < -0.39 is 0 Å². The van der Waals surface area contributed by atoms with Gasteiger partial charge in [-0.05, 0) is 70.4 Å². The van der Waals surface area contributed by atoms with Gasteiger partial charge in [0.1, 0.15) is 0 Å². The average molecular weight is 393 g/mol. The highest BCUT2D eigenvalue weighted by atomic mass is 14.9. The zero-order valence-electron chi connectivity index (χ0n) is 18.6. The van der Waals surface area contributed by atoms with E-state index in [2.05, 4.69) is 98.1 Å². The van der Waals surface area contributed by atoms with Crippen LogP contribution in [0.3, 0.4) is 0 Å². The van der Waals surface area contributed by atoms with Crippen molar-refractivity contribution < 1.29 is 0 Å². The number of benzene rings is 1. The Balaban J connectivity index is 1.94. The quantitative estimate of drug-likeness (QED) is 0.211. The Morgan fingerprint density at radius 2 is 1.38 bits per heavy atom. The summed E-state index contributed by atoms with van der Waals surface area (Å²) in [5, 5.41) is 3.51. The molecule has 0 saturated carbocycles. The highest BCUT2D eigenvalue weighted by molar-refractivity contribution is 5.14. The lowest BCUT2D eigenvalue weighted by atomic mass is 10.1. The molecule has 1 heteroatoms. The van der Waals surface area contributed by atoms with Crippen LogP contribution in [0.1, 0.15) is 70.3 Å². The molecule has 0 aliphatic heterocycles. The van der Waals surface area contributed by atoms with Crippen LogP contribution in [0.4, 0.5) is 0 Å². The van der Waals surface area contributed by atoms with Gasteiger partial charge in [0.25, 0.3) is 0 Å². The number of hydrogen-bond donors (Lipinski definition) is 1. The normalized spacial score (nSPS) is 13.4. The van der Waals surface area contributed by atoms with Crippen LogP contribution < -0.4 is 5.32 Å². The molecule has 0 saturated heterocycles. The topological polar surface area (TPSA) is 12.0 Å². The highest BCUT2D eigenvalue weighted by Gasteiger charge is 1.99. The molecule has 159 valence electrons. The van der Waals surface area contributed by atoms with E-state index in [1.165, 1.54) is 31.2 Å². The van der Waals surface area contributed by atoms with Crippen molar-refractivity contribution in [2.45, 2.75) is 77.2 Å². The van der Waals surface area contributed by atoms with Crippen molar-refractivity contribution in [1.82, 2.24) is 5.32 Å². The zero-order valence-corrected chi connectivity index (χ0v) is 18.6. The van der Waals surface area contributed by atoms with Crippen LogP contribution in [0, 0.1) is 6.92 Å². The largest absolute Gasteiger partial charge is 0.314 e. The maximum absolute atomic E-state index is 4.21. The van der Waals surface area contributed by atoms with Crippen molar-refractivity contribution in [3.8, 4) is 0 Å². The molecule has 1 nitrogen and oxygen atoms in total. The standard InChI is InChI=1S/C28H42N/c1-3-4-5-6-7-8-9-10-11-12-13-14-15-16-17-19-22-27(2)29-26-25-28-23-20-18-21-24-28/h7-8,10-11,13-14,16-18,20-21,23-24,27,29H,2-6,9,12,15,19,22,25-26H2,1H3/b8-7-,11-10-,14-13-,17-16-. The maximum atomic E-state index is 4.21. The Kier molecular flexibility index (Phi) is 16.9. The Bertz CT molecular complexity index is 580. The van der Waals surface area contributed by atoms with E-state index in [9.17, 15) is 0 Å². The molecule has 1 radical (unpaired) electrons. The van der Waals surface area contributed by atoms with E-state index >= 15 is 0 Å². The van der Waals surface area contributed by atoms with Crippen LogP contribution >= 0.6 is 0 Å². The first-order chi connectivity index (χ1) is 14.3. The zero-order chi connectivity index (χ0) is 20.8. The van der Waals surface area contributed by atoms with Gasteiger partial charge in [-0.1, -0.05) is 98.7 Å². The van der Waals surface area contributed by atoms with Gasteiger partial charge in [-0.25, -0.2) is 0 Å². The molecule has 0 heterocycles. The molecule has 1 aromatic rings. The minimum absolute atomic E-state index is 0.324. The van der Waals surface area contributed by atoms with Crippen molar-refractivity contribution in [2.75, 3.05) is 6.54 Å². The van der Waals surface area contributed by atoms with E-state index in [4.69, 9.17) is 0 Å². The fourth-order valence-electron chi connectivity index (χ4n) is 3.03. The van der Waals surface area contributed by atoms with Crippen LogP contribution in [-0.4, -0.2) is 12.6 Å². The summed E-state index contributed by atoms with van der Waals surface area (Å²) in [7, 11) is 0. The Morgan fingerprint density at radius 1 is 0.793 bits per heavy atom. The maximum Gasteiger partial charge on any atom is 0.00707 e. The van der Waals surface area contributed by atoms with Gasteiger partial charge in [-0.3, -0.25) is 0 Å². The van der Waals surface area contributed by atoms with Crippen molar-refractivity contribution in [1.29, 1.82) is 0 Å². The molecule has 0 aromatic heterocycles. The predicted octanol–water partition coefficient (Wildman–Crippen LogP) is 7.78. The molecule has 0 spiro atoms. The first kappa shape index (κ1) is 25.2. The summed E-state index contributed by atoms with van der Waals surface area (Å²) in [5.41, 5.74) is 1.38. The second kappa shape index (κ2) is 19.5. The molecule has 1 atom stereocenters. The summed E-state index contributed by atoms with van der Waals surface area (Å²) in [5.74, 6) is 0. The van der Waals surface area contributed by atoms with Gasteiger partial charge in [-0.15, -0.1) is 0 Å². The van der Waals surface area contributed by atoms with Crippen LogP contribution in [0.5, 0.6) is 0 Å². The third-order valence-electron chi connectivity index (χ3n) is 4.83. The molecule has 0 amide bonds. The molecular formula is C28H42N. The minimum Gasteiger partial charge on any atom is -0.314 e. The fourth-order valence-corrected chi connectivity index (χ4v) is 3.03. The van der Waals surface area contributed by atoms with Gasteiger partial charge in [0.2, 0.25) is 0 Å². The fraction of sp³-hybridized carbons (Fsp3) is 0.464.